The fraction of sp³-hybridized carbons (Fsp3) is 0.130. The summed E-state index contributed by atoms with van der Waals surface area (Å²) in [5.74, 6) is 1.22. The molecule has 0 fully saturated rings. The van der Waals surface area contributed by atoms with E-state index in [9.17, 15) is 4.79 Å². The topological polar surface area (TPSA) is 53.4 Å². The number of hydrogen-bond donors (Lipinski definition) is 0. The lowest BCUT2D eigenvalue weighted by Gasteiger charge is -2.15. The van der Waals surface area contributed by atoms with Gasteiger partial charge < -0.3 is 9.47 Å². The van der Waals surface area contributed by atoms with Crippen molar-refractivity contribution in [1.29, 1.82) is 0 Å². The molecule has 0 amide bonds. The predicted octanol–water partition coefficient (Wildman–Crippen LogP) is 5.61. The minimum Gasteiger partial charge on any atom is -0.497 e. The molecule has 0 N–H and O–H groups in total. The number of aryl methyl sites for hydroxylation is 1. The van der Waals surface area contributed by atoms with Crippen molar-refractivity contribution in [2.45, 2.75) is 6.92 Å². The molecule has 0 radical (unpaired) electrons. The van der Waals surface area contributed by atoms with Gasteiger partial charge in [0, 0.05) is 27.7 Å². The van der Waals surface area contributed by atoms with E-state index in [1.807, 2.05) is 48.7 Å². The third kappa shape index (κ3) is 3.72. The van der Waals surface area contributed by atoms with Gasteiger partial charge in [-0.05, 0) is 43.3 Å². The molecular weight excluding hydrogens is 420 g/mol. The van der Waals surface area contributed by atoms with Crippen molar-refractivity contribution >= 4 is 22.9 Å². The molecular formula is C23H19ClN2O3S. The van der Waals surface area contributed by atoms with Gasteiger partial charge in [0.2, 0.25) is 0 Å². The summed E-state index contributed by atoms with van der Waals surface area (Å²) in [5.41, 5.74) is 3.51. The molecule has 2 aromatic heterocycles. The smallest absolute Gasteiger partial charge is 0.265 e. The number of pyridine rings is 1. The largest absolute Gasteiger partial charge is 0.497 e. The standard InChI is InChI=1S/C23H19ClN2O3S/c1-14-4-10-18(22-25-19(13-30-22)15-5-7-16(24)8-6-15)23(27)26(14)20-12-17(28-2)9-11-21(20)29-3/h4-13H,1-3H3. The highest BCUT2D eigenvalue weighted by Gasteiger charge is 2.17. The van der Waals surface area contributed by atoms with Gasteiger partial charge >= 0.3 is 0 Å². The number of benzene rings is 2. The maximum absolute atomic E-state index is 13.5. The maximum Gasteiger partial charge on any atom is 0.265 e. The molecule has 0 spiro atoms. The Kier molecular flexibility index (Phi) is 5.61. The molecule has 2 aromatic carbocycles. The van der Waals surface area contributed by atoms with Gasteiger partial charge in [0.1, 0.15) is 16.5 Å². The first-order valence-corrected chi connectivity index (χ1v) is 10.4. The normalized spacial score (nSPS) is 10.8. The van der Waals surface area contributed by atoms with Gasteiger partial charge in [0.05, 0.1) is 31.2 Å². The summed E-state index contributed by atoms with van der Waals surface area (Å²) in [4.78, 5) is 18.2. The Morgan fingerprint density at radius 2 is 1.77 bits per heavy atom. The van der Waals surface area contributed by atoms with Crippen LogP contribution in [0.4, 0.5) is 0 Å². The van der Waals surface area contributed by atoms with E-state index in [0.29, 0.717) is 32.8 Å². The van der Waals surface area contributed by atoms with E-state index in [1.165, 1.54) is 11.3 Å². The SMILES string of the molecule is COc1ccc(OC)c(-n2c(C)ccc(-c3nc(-c4ccc(Cl)cc4)cs3)c2=O)c1. The zero-order chi connectivity index (χ0) is 21.3. The molecule has 0 unspecified atom stereocenters. The Morgan fingerprint density at radius 1 is 1.00 bits per heavy atom. The molecule has 4 rings (SSSR count). The van der Waals surface area contributed by atoms with Gasteiger partial charge in [-0.25, -0.2) is 4.98 Å². The maximum atomic E-state index is 13.5. The first-order chi connectivity index (χ1) is 14.5. The summed E-state index contributed by atoms with van der Waals surface area (Å²) in [6, 6.07) is 16.6. The number of aromatic nitrogens is 2. The summed E-state index contributed by atoms with van der Waals surface area (Å²) in [6.45, 7) is 1.88. The van der Waals surface area contributed by atoms with Crippen molar-refractivity contribution in [3.63, 3.8) is 0 Å². The zero-order valence-electron chi connectivity index (χ0n) is 16.7. The van der Waals surface area contributed by atoms with Gasteiger partial charge in [0.15, 0.2) is 0 Å². The third-order valence-electron chi connectivity index (χ3n) is 4.78. The average molecular weight is 439 g/mol. The number of rotatable bonds is 5. The average Bonchev–Trinajstić information content (AvgIpc) is 3.24. The highest BCUT2D eigenvalue weighted by molar-refractivity contribution is 7.13. The number of thiazole rings is 1. The number of halogens is 1. The van der Waals surface area contributed by atoms with Crippen LogP contribution in [0, 0.1) is 6.92 Å². The van der Waals surface area contributed by atoms with Crippen LogP contribution >= 0.6 is 22.9 Å². The lowest BCUT2D eigenvalue weighted by atomic mass is 10.2. The Labute approximate surface area is 183 Å². The predicted molar refractivity (Wildman–Crippen MR) is 121 cm³/mol. The van der Waals surface area contributed by atoms with Crippen LogP contribution in [0.5, 0.6) is 11.5 Å². The summed E-state index contributed by atoms with van der Waals surface area (Å²) < 4.78 is 12.5. The zero-order valence-corrected chi connectivity index (χ0v) is 18.3. The van der Waals surface area contributed by atoms with Crippen molar-refractivity contribution in [3.05, 3.63) is 81.0 Å². The molecule has 30 heavy (non-hydrogen) atoms. The van der Waals surface area contributed by atoms with Crippen LogP contribution in [-0.4, -0.2) is 23.8 Å². The summed E-state index contributed by atoms with van der Waals surface area (Å²) in [6.07, 6.45) is 0. The van der Waals surface area contributed by atoms with Crippen molar-refractivity contribution < 1.29 is 9.47 Å². The molecule has 0 saturated carbocycles. The molecule has 0 atom stereocenters. The Hall–Kier alpha value is -3.09. The van der Waals surface area contributed by atoms with Crippen molar-refractivity contribution in [1.82, 2.24) is 9.55 Å². The molecule has 5 nitrogen and oxygen atoms in total. The van der Waals surface area contributed by atoms with Crippen molar-refractivity contribution in [2.75, 3.05) is 14.2 Å². The fourth-order valence-electron chi connectivity index (χ4n) is 3.21. The molecule has 0 aliphatic heterocycles. The number of methoxy groups -OCH3 is 2. The van der Waals surface area contributed by atoms with Crippen LogP contribution in [-0.2, 0) is 0 Å². The summed E-state index contributed by atoms with van der Waals surface area (Å²) in [7, 11) is 3.17. The first kappa shape index (κ1) is 20.2. The van der Waals surface area contributed by atoms with E-state index in [-0.39, 0.29) is 5.56 Å². The van der Waals surface area contributed by atoms with Crippen LogP contribution in [0.2, 0.25) is 5.02 Å². The van der Waals surface area contributed by atoms with Crippen molar-refractivity contribution in [2.24, 2.45) is 0 Å². The highest BCUT2D eigenvalue weighted by atomic mass is 35.5. The molecule has 2 heterocycles. The number of ether oxygens (including phenoxy) is 2. The van der Waals surface area contributed by atoms with E-state index in [4.69, 9.17) is 21.1 Å². The van der Waals surface area contributed by atoms with Crippen LogP contribution in [0.1, 0.15) is 5.69 Å². The molecule has 0 bridgehead atoms. The van der Waals surface area contributed by atoms with E-state index in [0.717, 1.165) is 17.0 Å². The number of nitrogens with zero attached hydrogens (tertiary/aromatic N) is 2. The lowest BCUT2D eigenvalue weighted by Crippen LogP contribution is -2.22. The Bertz CT molecular complexity index is 1260. The van der Waals surface area contributed by atoms with Crippen LogP contribution in [0.15, 0.2) is 64.8 Å². The highest BCUT2D eigenvalue weighted by Crippen LogP contribution is 2.31. The van der Waals surface area contributed by atoms with Gasteiger partial charge in [-0.3, -0.25) is 9.36 Å². The summed E-state index contributed by atoms with van der Waals surface area (Å²) >= 11 is 7.41. The Balaban J connectivity index is 1.84. The van der Waals surface area contributed by atoms with Gasteiger partial charge in [-0.2, -0.15) is 0 Å². The van der Waals surface area contributed by atoms with E-state index in [2.05, 4.69) is 4.98 Å². The second-order valence-corrected chi connectivity index (χ2v) is 7.91. The minimum atomic E-state index is -0.168. The van der Waals surface area contributed by atoms with Gasteiger partial charge in [-0.1, -0.05) is 23.7 Å². The van der Waals surface area contributed by atoms with Crippen LogP contribution < -0.4 is 15.0 Å². The molecule has 4 aromatic rings. The molecule has 0 saturated heterocycles. The first-order valence-electron chi connectivity index (χ1n) is 9.18. The van der Waals surface area contributed by atoms with Gasteiger partial charge in [-0.15, -0.1) is 11.3 Å². The van der Waals surface area contributed by atoms with E-state index >= 15 is 0 Å². The van der Waals surface area contributed by atoms with E-state index < -0.39 is 0 Å². The Morgan fingerprint density at radius 3 is 2.47 bits per heavy atom. The van der Waals surface area contributed by atoms with Gasteiger partial charge in [0.25, 0.3) is 5.56 Å². The summed E-state index contributed by atoms with van der Waals surface area (Å²) in [5, 5.41) is 3.26. The molecule has 7 heteroatoms. The molecule has 0 aliphatic rings. The quantitative estimate of drug-likeness (QED) is 0.406. The van der Waals surface area contributed by atoms with Crippen LogP contribution in [0.25, 0.3) is 27.5 Å². The number of hydrogen-bond acceptors (Lipinski definition) is 5. The monoisotopic (exact) mass is 438 g/mol. The van der Waals surface area contributed by atoms with Crippen LogP contribution in [0.3, 0.4) is 0 Å². The second-order valence-electron chi connectivity index (χ2n) is 6.61. The lowest BCUT2D eigenvalue weighted by molar-refractivity contribution is 0.401. The van der Waals surface area contributed by atoms with Crippen molar-refractivity contribution in [3.8, 4) is 39.0 Å². The third-order valence-corrected chi connectivity index (χ3v) is 5.91. The molecule has 0 aliphatic carbocycles. The molecule has 152 valence electrons. The fourth-order valence-corrected chi connectivity index (χ4v) is 4.19. The second kappa shape index (κ2) is 8.34. The van der Waals surface area contributed by atoms with E-state index in [1.54, 1.807) is 37.0 Å². The minimum absolute atomic E-state index is 0.168.